The van der Waals surface area contributed by atoms with Gasteiger partial charge in [0.2, 0.25) is 5.91 Å². The predicted octanol–water partition coefficient (Wildman–Crippen LogP) is 3.06. The van der Waals surface area contributed by atoms with Gasteiger partial charge in [-0.25, -0.2) is 4.98 Å². The Balaban J connectivity index is 1.53. The highest BCUT2D eigenvalue weighted by Gasteiger charge is 2.12. The summed E-state index contributed by atoms with van der Waals surface area (Å²) in [6, 6.07) is 10.0. The Labute approximate surface area is 177 Å². The van der Waals surface area contributed by atoms with Crippen molar-refractivity contribution in [3.05, 3.63) is 64.2 Å². The molecule has 0 saturated heterocycles. The quantitative estimate of drug-likeness (QED) is 0.563. The molecule has 0 aliphatic heterocycles. The van der Waals surface area contributed by atoms with Crippen LogP contribution >= 0.6 is 0 Å². The molecule has 164 valence electrons. The number of aromatic nitrogens is 2. The molecule has 0 aliphatic carbocycles. The van der Waals surface area contributed by atoms with E-state index < -0.39 is 6.61 Å². The molecule has 9 heteroatoms. The van der Waals surface area contributed by atoms with Crippen LogP contribution in [0.25, 0.3) is 10.9 Å². The Kier molecular flexibility index (Phi) is 7.17. The van der Waals surface area contributed by atoms with Gasteiger partial charge in [0.1, 0.15) is 0 Å². The molecule has 3 aromatic rings. The van der Waals surface area contributed by atoms with Crippen LogP contribution in [0, 0.1) is 6.92 Å². The van der Waals surface area contributed by atoms with Crippen molar-refractivity contribution in [3.63, 3.8) is 0 Å². The maximum absolute atomic E-state index is 12.6. The molecule has 3 rings (SSSR count). The fourth-order valence-electron chi connectivity index (χ4n) is 3.21. The minimum Gasteiger partial charge on any atom is -0.493 e. The lowest BCUT2D eigenvalue weighted by Gasteiger charge is -2.12. The van der Waals surface area contributed by atoms with E-state index in [-0.39, 0.29) is 35.9 Å². The first kappa shape index (κ1) is 22.2. The number of aryl methyl sites for hydroxylation is 2. The maximum atomic E-state index is 12.6. The third-order valence-corrected chi connectivity index (χ3v) is 4.81. The van der Waals surface area contributed by atoms with Crippen LogP contribution in [0.15, 0.2) is 47.5 Å². The summed E-state index contributed by atoms with van der Waals surface area (Å²) >= 11 is 0. The zero-order valence-corrected chi connectivity index (χ0v) is 17.2. The number of nitrogens with zero attached hydrogens (tertiary/aromatic N) is 2. The summed E-state index contributed by atoms with van der Waals surface area (Å²) in [5, 5.41) is 3.31. The van der Waals surface area contributed by atoms with Gasteiger partial charge in [-0.1, -0.05) is 18.2 Å². The summed E-state index contributed by atoms with van der Waals surface area (Å²) < 4.78 is 35.7. The minimum atomic E-state index is -2.94. The molecule has 1 aromatic heterocycles. The Morgan fingerprint density at radius 3 is 2.77 bits per heavy atom. The molecule has 0 spiro atoms. The second kappa shape index (κ2) is 10.0. The van der Waals surface area contributed by atoms with Gasteiger partial charge in [-0.15, -0.1) is 0 Å². The number of hydrogen-bond acceptors (Lipinski definition) is 5. The number of hydrogen-bond donors (Lipinski definition) is 1. The largest absolute Gasteiger partial charge is 0.493 e. The summed E-state index contributed by atoms with van der Waals surface area (Å²) in [4.78, 5) is 29.1. The molecule has 0 fully saturated rings. The monoisotopic (exact) mass is 431 g/mol. The van der Waals surface area contributed by atoms with Crippen molar-refractivity contribution in [3.8, 4) is 11.5 Å². The molecular weight excluding hydrogens is 408 g/mol. The first-order chi connectivity index (χ1) is 14.9. The lowest BCUT2D eigenvalue weighted by Crippen LogP contribution is -2.29. The van der Waals surface area contributed by atoms with E-state index in [1.165, 1.54) is 24.1 Å². The summed E-state index contributed by atoms with van der Waals surface area (Å²) in [6.45, 7) is -0.481. The van der Waals surface area contributed by atoms with Gasteiger partial charge >= 0.3 is 6.61 Å². The van der Waals surface area contributed by atoms with Gasteiger partial charge in [0.05, 0.1) is 24.3 Å². The van der Waals surface area contributed by atoms with Crippen LogP contribution in [0.2, 0.25) is 0 Å². The van der Waals surface area contributed by atoms with Crippen molar-refractivity contribution in [2.75, 3.05) is 13.7 Å². The number of fused-ring (bicyclic) bond motifs is 1. The zero-order valence-electron chi connectivity index (χ0n) is 17.2. The molecule has 2 aromatic carbocycles. The average molecular weight is 431 g/mol. The second-order valence-electron chi connectivity index (χ2n) is 6.93. The van der Waals surface area contributed by atoms with Crippen LogP contribution in [0.5, 0.6) is 11.5 Å². The number of halogens is 2. The Hall–Kier alpha value is -3.49. The number of para-hydroxylation sites is 1. The number of amides is 1. The summed E-state index contributed by atoms with van der Waals surface area (Å²) in [5.41, 5.74) is 2.20. The number of nitrogens with one attached hydrogen (secondary N) is 1. The Bertz CT molecular complexity index is 1130. The third-order valence-electron chi connectivity index (χ3n) is 4.81. The van der Waals surface area contributed by atoms with E-state index >= 15 is 0 Å². The number of ether oxygens (including phenoxy) is 2. The standard InChI is InChI=1S/C22H23F2N3O4/c1-14-4-3-5-16-20(14)26-13-27(21(16)29)11-9-19(28)25-10-8-15-6-7-17(31-22(23)24)18(12-15)30-2/h3-7,12-13,22H,8-11H2,1-2H3,(H,25,28). The number of carbonyl (C=O) groups is 1. The minimum absolute atomic E-state index is 0.0464. The number of alkyl halides is 2. The molecule has 1 N–H and O–H groups in total. The first-order valence-corrected chi connectivity index (χ1v) is 9.72. The van der Waals surface area contributed by atoms with Crippen molar-refractivity contribution in [1.29, 1.82) is 0 Å². The van der Waals surface area contributed by atoms with Crippen LogP contribution in [0.4, 0.5) is 8.78 Å². The maximum Gasteiger partial charge on any atom is 0.387 e. The Morgan fingerprint density at radius 1 is 1.23 bits per heavy atom. The van der Waals surface area contributed by atoms with Crippen LogP contribution in [0.1, 0.15) is 17.5 Å². The highest BCUT2D eigenvalue weighted by molar-refractivity contribution is 5.80. The van der Waals surface area contributed by atoms with Crippen LogP contribution in [-0.2, 0) is 17.8 Å². The van der Waals surface area contributed by atoms with Crippen molar-refractivity contribution in [1.82, 2.24) is 14.9 Å². The fourth-order valence-corrected chi connectivity index (χ4v) is 3.21. The topological polar surface area (TPSA) is 82.5 Å². The molecule has 0 atom stereocenters. The third kappa shape index (κ3) is 5.56. The predicted molar refractivity (Wildman–Crippen MR) is 112 cm³/mol. The van der Waals surface area contributed by atoms with Gasteiger partial charge in [-0.2, -0.15) is 8.78 Å². The number of benzene rings is 2. The van der Waals surface area contributed by atoms with Crippen molar-refractivity contribution < 1.29 is 23.0 Å². The van der Waals surface area contributed by atoms with E-state index in [0.717, 1.165) is 11.1 Å². The zero-order chi connectivity index (χ0) is 22.4. The first-order valence-electron chi connectivity index (χ1n) is 9.72. The normalized spacial score (nSPS) is 11.0. The lowest BCUT2D eigenvalue weighted by molar-refractivity contribution is -0.121. The summed E-state index contributed by atoms with van der Waals surface area (Å²) in [7, 11) is 1.37. The number of rotatable bonds is 9. The molecule has 1 heterocycles. The summed E-state index contributed by atoms with van der Waals surface area (Å²) in [5.74, 6) is -0.0571. The van der Waals surface area contributed by atoms with Gasteiger partial charge in [0.25, 0.3) is 5.56 Å². The molecular formula is C22H23F2N3O4. The van der Waals surface area contributed by atoms with E-state index in [1.54, 1.807) is 24.3 Å². The number of carbonyl (C=O) groups excluding carboxylic acids is 1. The SMILES string of the molecule is COc1cc(CCNC(=O)CCn2cnc3c(C)cccc3c2=O)ccc1OC(F)F. The fraction of sp³-hybridized carbons (Fsp3) is 0.318. The molecule has 31 heavy (non-hydrogen) atoms. The second-order valence-corrected chi connectivity index (χ2v) is 6.93. The van der Waals surface area contributed by atoms with E-state index in [1.807, 2.05) is 13.0 Å². The molecule has 0 aliphatic rings. The molecule has 0 bridgehead atoms. The smallest absolute Gasteiger partial charge is 0.387 e. The average Bonchev–Trinajstić information content (AvgIpc) is 2.74. The highest BCUT2D eigenvalue weighted by atomic mass is 19.3. The molecule has 0 saturated carbocycles. The van der Waals surface area contributed by atoms with Crippen molar-refractivity contribution in [2.24, 2.45) is 0 Å². The summed E-state index contributed by atoms with van der Waals surface area (Å²) in [6.07, 6.45) is 2.07. The van der Waals surface area contributed by atoms with E-state index in [2.05, 4.69) is 15.0 Å². The van der Waals surface area contributed by atoms with Crippen molar-refractivity contribution in [2.45, 2.75) is 32.9 Å². The van der Waals surface area contributed by atoms with Gasteiger partial charge in [0, 0.05) is 19.5 Å². The Morgan fingerprint density at radius 2 is 2.03 bits per heavy atom. The van der Waals surface area contributed by atoms with Gasteiger partial charge in [-0.05, 0) is 42.7 Å². The van der Waals surface area contributed by atoms with E-state index in [0.29, 0.717) is 23.9 Å². The lowest BCUT2D eigenvalue weighted by atomic mass is 10.1. The van der Waals surface area contributed by atoms with Crippen LogP contribution < -0.4 is 20.3 Å². The van der Waals surface area contributed by atoms with E-state index in [4.69, 9.17) is 4.74 Å². The molecule has 1 amide bonds. The van der Waals surface area contributed by atoms with Crippen molar-refractivity contribution >= 4 is 16.8 Å². The van der Waals surface area contributed by atoms with Gasteiger partial charge in [0.15, 0.2) is 11.5 Å². The molecule has 0 radical (unpaired) electrons. The van der Waals surface area contributed by atoms with Crippen LogP contribution in [0.3, 0.4) is 0 Å². The molecule has 7 nitrogen and oxygen atoms in total. The number of methoxy groups -OCH3 is 1. The van der Waals surface area contributed by atoms with Crippen LogP contribution in [-0.4, -0.2) is 35.7 Å². The van der Waals surface area contributed by atoms with Gasteiger partial charge < -0.3 is 14.8 Å². The van der Waals surface area contributed by atoms with Gasteiger partial charge in [-0.3, -0.25) is 14.2 Å². The highest BCUT2D eigenvalue weighted by Crippen LogP contribution is 2.29. The molecule has 0 unspecified atom stereocenters. The van der Waals surface area contributed by atoms with E-state index in [9.17, 15) is 18.4 Å².